The molecule has 1 rings (SSSR count). The van der Waals surface area contributed by atoms with Crippen molar-refractivity contribution in [3.05, 3.63) is 11.6 Å². The number of H-pyrrole nitrogens is 1. The molecule has 1 unspecified atom stereocenters. The summed E-state index contributed by atoms with van der Waals surface area (Å²) in [4.78, 5) is 4.26. The average Bonchev–Trinajstić information content (AvgIpc) is 2.61. The molecule has 1 aromatic rings. The van der Waals surface area contributed by atoms with Crippen molar-refractivity contribution in [1.82, 2.24) is 15.2 Å². The second kappa shape index (κ2) is 4.94. The fourth-order valence-electron chi connectivity index (χ4n) is 1.06. The van der Waals surface area contributed by atoms with Gasteiger partial charge in [0, 0.05) is 26.5 Å². The van der Waals surface area contributed by atoms with E-state index >= 15 is 0 Å². The Morgan fingerprint density at radius 3 is 2.85 bits per heavy atom. The second-order valence-corrected chi connectivity index (χ2v) is 2.85. The second-order valence-electron chi connectivity index (χ2n) is 2.85. The van der Waals surface area contributed by atoms with Crippen LogP contribution in [0.25, 0.3) is 0 Å². The highest BCUT2D eigenvalue weighted by molar-refractivity contribution is 4.91. The largest absolute Gasteiger partial charge is 0.380 e. The van der Waals surface area contributed by atoms with E-state index in [1.807, 2.05) is 6.92 Å². The van der Waals surface area contributed by atoms with Gasteiger partial charge in [-0.3, -0.25) is 5.10 Å². The minimum atomic E-state index is 0.0256. The first-order valence-corrected chi connectivity index (χ1v) is 4.43. The van der Waals surface area contributed by atoms with Crippen LogP contribution in [0.2, 0.25) is 0 Å². The normalized spacial score (nSPS) is 13.2. The molecule has 0 aromatic carbocycles. The van der Waals surface area contributed by atoms with Crippen molar-refractivity contribution in [3.8, 4) is 0 Å². The lowest BCUT2D eigenvalue weighted by Crippen LogP contribution is -2.25. The first-order valence-electron chi connectivity index (χ1n) is 4.43. The summed E-state index contributed by atoms with van der Waals surface area (Å²) in [5.74, 6) is 1.68. The molecule has 1 atom stereocenters. The van der Waals surface area contributed by atoms with E-state index in [1.54, 1.807) is 7.11 Å². The molecule has 0 spiro atoms. The zero-order valence-electron chi connectivity index (χ0n) is 8.08. The summed E-state index contributed by atoms with van der Waals surface area (Å²) in [6.07, 6.45) is 1.56. The third kappa shape index (κ3) is 2.78. The molecular formula is C8H16N4O. The molecule has 0 aliphatic rings. The Morgan fingerprint density at radius 2 is 2.38 bits per heavy atom. The molecule has 0 bridgehead atoms. The summed E-state index contributed by atoms with van der Waals surface area (Å²) >= 11 is 0. The van der Waals surface area contributed by atoms with Crippen molar-refractivity contribution in [2.75, 3.05) is 13.7 Å². The van der Waals surface area contributed by atoms with E-state index in [1.165, 1.54) is 0 Å². The van der Waals surface area contributed by atoms with Gasteiger partial charge in [-0.2, -0.15) is 5.10 Å². The van der Waals surface area contributed by atoms with Crippen LogP contribution in [0.3, 0.4) is 0 Å². The highest BCUT2D eigenvalue weighted by Gasteiger charge is 2.09. The van der Waals surface area contributed by atoms with Crippen molar-refractivity contribution in [2.24, 2.45) is 5.73 Å². The lowest BCUT2D eigenvalue weighted by Gasteiger charge is -2.09. The van der Waals surface area contributed by atoms with E-state index in [0.29, 0.717) is 13.0 Å². The monoisotopic (exact) mass is 184 g/mol. The third-order valence-electron chi connectivity index (χ3n) is 1.91. The van der Waals surface area contributed by atoms with Crippen molar-refractivity contribution in [1.29, 1.82) is 0 Å². The number of aryl methyl sites for hydroxylation is 1. The standard InChI is InChI=1S/C8H16N4O/c1-3-7-10-8(12-11-7)4-6(5-9)13-2/h6H,3-5,9H2,1-2H3,(H,10,11,12). The van der Waals surface area contributed by atoms with Crippen LogP contribution in [0.5, 0.6) is 0 Å². The highest BCUT2D eigenvalue weighted by atomic mass is 16.5. The van der Waals surface area contributed by atoms with Gasteiger partial charge in [-0.15, -0.1) is 0 Å². The molecule has 1 heterocycles. The maximum absolute atomic E-state index is 5.48. The van der Waals surface area contributed by atoms with Gasteiger partial charge in [0.1, 0.15) is 11.6 Å². The van der Waals surface area contributed by atoms with Crippen LogP contribution >= 0.6 is 0 Å². The first kappa shape index (κ1) is 10.1. The van der Waals surface area contributed by atoms with Gasteiger partial charge in [0.25, 0.3) is 0 Å². The van der Waals surface area contributed by atoms with Gasteiger partial charge >= 0.3 is 0 Å². The van der Waals surface area contributed by atoms with Crippen LogP contribution in [0, 0.1) is 0 Å². The fourth-order valence-corrected chi connectivity index (χ4v) is 1.06. The summed E-state index contributed by atoms with van der Waals surface area (Å²) < 4.78 is 5.13. The molecule has 0 fully saturated rings. The Kier molecular flexibility index (Phi) is 3.85. The Hall–Kier alpha value is -0.940. The Morgan fingerprint density at radius 1 is 1.62 bits per heavy atom. The van der Waals surface area contributed by atoms with E-state index < -0.39 is 0 Å². The molecular weight excluding hydrogens is 168 g/mol. The molecule has 74 valence electrons. The number of hydrogen-bond donors (Lipinski definition) is 2. The van der Waals surface area contributed by atoms with Gasteiger partial charge in [0.15, 0.2) is 0 Å². The molecule has 0 aliphatic heterocycles. The average molecular weight is 184 g/mol. The van der Waals surface area contributed by atoms with Crippen molar-refractivity contribution >= 4 is 0 Å². The van der Waals surface area contributed by atoms with Gasteiger partial charge in [-0.05, 0) is 0 Å². The molecule has 0 amide bonds. The summed E-state index contributed by atoms with van der Waals surface area (Å²) in [5, 5.41) is 6.88. The zero-order chi connectivity index (χ0) is 9.68. The lowest BCUT2D eigenvalue weighted by molar-refractivity contribution is 0.108. The third-order valence-corrected chi connectivity index (χ3v) is 1.91. The quantitative estimate of drug-likeness (QED) is 0.669. The van der Waals surface area contributed by atoms with Crippen molar-refractivity contribution < 1.29 is 4.74 Å². The van der Waals surface area contributed by atoms with Gasteiger partial charge in [-0.1, -0.05) is 6.92 Å². The highest BCUT2D eigenvalue weighted by Crippen LogP contribution is 1.99. The SMILES string of the molecule is CCc1n[nH]c(CC(CN)OC)n1. The fraction of sp³-hybridized carbons (Fsp3) is 0.750. The van der Waals surface area contributed by atoms with Crippen LogP contribution in [0.15, 0.2) is 0 Å². The molecule has 5 heteroatoms. The van der Waals surface area contributed by atoms with Gasteiger partial charge in [0.05, 0.1) is 6.10 Å². The van der Waals surface area contributed by atoms with Crippen LogP contribution in [0.4, 0.5) is 0 Å². The molecule has 13 heavy (non-hydrogen) atoms. The van der Waals surface area contributed by atoms with Gasteiger partial charge < -0.3 is 10.5 Å². The maximum Gasteiger partial charge on any atom is 0.150 e. The minimum absolute atomic E-state index is 0.0256. The minimum Gasteiger partial charge on any atom is -0.380 e. The zero-order valence-corrected chi connectivity index (χ0v) is 8.08. The summed E-state index contributed by atoms with van der Waals surface area (Å²) in [7, 11) is 1.65. The predicted octanol–water partition coefficient (Wildman–Crippen LogP) is -0.117. The van der Waals surface area contributed by atoms with Crippen LogP contribution in [0.1, 0.15) is 18.6 Å². The number of nitrogens with one attached hydrogen (secondary N) is 1. The van der Waals surface area contributed by atoms with Gasteiger partial charge in [-0.25, -0.2) is 4.98 Å². The van der Waals surface area contributed by atoms with E-state index in [-0.39, 0.29) is 6.10 Å². The molecule has 1 aromatic heterocycles. The van der Waals surface area contributed by atoms with Crippen LogP contribution < -0.4 is 5.73 Å². The number of hydrogen-bond acceptors (Lipinski definition) is 4. The number of ether oxygens (including phenoxy) is 1. The number of methoxy groups -OCH3 is 1. The predicted molar refractivity (Wildman–Crippen MR) is 49.3 cm³/mol. The van der Waals surface area contributed by atoms with Crippen LogP contribution in [-0.4, -0.2) is 34.9 Å². The molecule has 5 nitrogen and oxygen atoms in total. The Balaban J connectivity index is 2.52. The van der Waals surface area contributed by atoms with Crippen molar-refractivity contribution in [3.63, 3.8) is 0 Å². The number of aromatic nitrogens is 3. The Labute approximate surface area is 77.7 Å². The van der Waals surface area contributed by atoms with E-state index in [4.69, 9.17) is 10.5 Å². The summed E-state index contributed by atoms with van der Waals surface area (Å²) in [6, 6.07) is 0. The molecule has 0 saturated heterocycles. The van der Waals surface area contributed by atoms with Crippen molar-refractivity contribution in [2.45, 2.75) is 25.9 Å². The number of nitrogens with zero attached hydrogens (tertiary/aromatic N) is 2. The van der Waals surface area contributed by atoms with E-state index in [9.17, 15) is 0 Å². The van der Waals surface area contributed by atoms with Crippen LogP contribution in [-0.2, 0) is 17.6 Å². The number of aromatic amines is 1. The molecule has 3 N–H and O–H groups in total. The molecule has 0 aliphatic carbocycles. The molecule has 0 saturated carbocycles. The van der Waals surface area contributed by atoms with E-state index in [0.717, 1.165) is 18.1 Å². The smallest absolute Gasteiger partial charge is 0.150 e. The summed E-state index contributed by atoms with van der Waals surface area (Å²) in [6.45, 7) is 2.52. The lowest BCUT2D eigenvalue weighted by atomic mass is 10.2. The topological polar surface area (TPSA) is 76.8 Å². The van der Waals surface area contributed by atoms with Gasteiger partial charge in [0.2, 0.25) is 0 Å². The number of nitrogens with two attached hydrogens (primary N) is 1. The number of rotatable bonds is 5. The first-order chi connectivity index (χ1) is 6.30. The maximum atomic E-state index is 5.48. The Bertz CT molecular complexity index is 244. The summed E-state index contributed by atoms with van der Waals surface area (Å²) in [5.41, 5.74) is 5.48. The molecule has 0 radical (unpaired) electrons. The van der Waals surface area contributed by atoms with E-state index in [2.05, 4.69) is 15.2 Å².